The van der Waals surface area contributed by atoms with Gasteiger partial charge < -0.3 is 5.11 Å². The number of aliphatic hydroxyl groups is 1. The molecule has 1 unspecified atom stereocenters. The molecule has 1 nitrogen and oxygen atoms in total. The minimum Gasteiger partial charge on any atom is -0.388 e. The summed E-state index contributed by atoms with van der Waals surface area (Å²) >= 11 is 0. The van der Waals surface area contributed by atoms with Gasteiger partial charge in [-0.25, -0.2) is 0 Å². The lowest BCUT2D eigenvalue weighted by atomic mass is 9.92. The molecule has 0 spiro atoms. The number of aliphatic hydroxyl groups excluding tert-OH is 1. The summed E-state index contributed by atoms with van der Waals surface area (Å²) in [5.74, 6) is 0. The average molecular weight is 244 g/mol. The van der Waals surface area contributed by atoms with Crippen molar-refractivity contribution in [3.8, 4) is 0 Å². The molecule has 0 saturated carbocycles. The number of rotatable bonds is 5. The molecule has 1 aromatic carbocycles. The summed E-state index contributed by atoms with van der Waals surface area (Å²) in [5.41, 5.74) is 3.86. The zero-order chi connectivity index (χ0) is 12.8. The molecule has 1 N–H and O–H groups in total. The van der Waals surface area contributed by atoms with Crippen LogP contribution in [0.25, 0.3) is 0 Å². The lowest BCUT2D eigenvalue weighted by Crippen LogP contribution is -2.02. The van der Waals surface area contributed by atoms with E-state index in [0.717, 1.165) is 18.4 Å². The van der Waals surface area contributed by atoms with E-state index in [1.165, 1.54) is 43.2 Å². The van der Waals surface area contributed by atoms with E-state index in [1.54, 1.807) is 0 Å². The second kappa shape index (κ2) is 6.75. The van der Waals surface area contributed by atoms with Crippen molar-refractivity contribution >= 4 is 0 Å². The molecule has 18 heavy (non-hydrogen) atoms. The SMILES string of the molecule is CCCc1ccc(C(O)CC2=CCCCC2)cc1. The monoisotopic (exact) mass is 244 g/mol. The van der Waals surface area contributed by atoms with Crippen LogP contribution < -0.4 is 0 Å². The highest BCUT2D eigenvalue weighted by Crippen LogP contribution is 2.27. The van der Waals surface area contributed by atoms with Crippen molar-refractivity contribution in [3.63, 3.8) is 0 Å². The second-order valence-corrected chi connectivity index (χ2v) is 5.32. The Morgan fingerprint density at radius 2 is 1.94 bits per heavy atom. The number of hydrogen-bond acceptors (Lipinski definition) is 1. The quantitative estimate of drug-likeness (QED) is 0.753. The van der Waals surface area contributed by atoms with Gasteiger partial charge in [-0.15, -0.1) is 0 Å². The Bertz CT molecular complexity index is 389. The van der Waals surface area contributed by atoms with Crippen LogP contribution in [0, 0.1) is 0 Å². The van der Waals surface area contributed by atoms with E-state index in [9.17, 15) is 5.11 Å². The van der Waals surface area contributed by atoms with Crippen molar-refractivity contribution in [3.05, 3.63) is 47.0 Å². The van der Waals surface area contributed by atoms with Gasteiger partial charge in [-0.1, -0.05) is 49.3 Å². The van der Waals surface area contributed by atoms with Crippen molar-refractivity contribution in [2.75, 3.05) is 0 Å². The molecule has 1 aliphatic rings. The van der Waals surface area contributed by atoms with Gasteiger partial charge in [0.15, 0.2) is 0 Å². The number of allylic oxidation sites excluding steroid dienone is 1. The van der Waals surface area contributed by atoms with Crippen LogP contribution in [-0.2, 0) is 6.42 Å². The molecular weight excluding hydrogens is 220 g/mol. The van der Waals surface area contributed by atoms with E-state index >= 15 is 0 Å². The molecular formula is C17H24O. The third-order valence-electron chi connectivity index (χ3n) is 3.74. The van der Waals surface area contributed by atoms with Gasteiger partial charge in [-0.2, -0.15) is 0 Å². The van der Waals surface area contributed by atoms with Gasteiger partial charge in [0.05, 0.1) is 6.10 Å². The largest absolute Gasteiger partial charge is 0.388 e. The number of hydrogen-bond donors (Lipinski definition) is 1. The van der Waals surface area contributed by atoms with Crippen LogP contribution in [0.15, 0.2) is 35.9 Å². The van der Waals surface area contributed by atoms with E-state index in [-0.39, 0.29) is 6.10 Å². The minimum absolute atomic E-state index is 0.329. The molecule has 98 valence electrons. The molecule has 0 aromatic heterocycles. The van der Waals surface area contributed by atoms with Gasteiger partial charge in [-0.05, 0) is 49.7 Å². The van der Waals surface area contributed by atoms with Gasteiger partial charge >= 0.3 is 0 Å². The molecule has 1 aromatic rings. The number of aryl methyl sites for hydroxylation is 1. The molecule has 0 amide bonds. The van der Waals surface area contributed by atoms with Gasteiger partial charge in [0.25, 0.3) is 0 Å². The Morgan fingerprint density at radius 3 is 2.56 bits per heavy atom. The Hall–Kier alpha value is -1.08. The highest BCUT2D eigenvalue weighted by molar-refractivity contribution is 5.25. The van der Waals surface area contributed by atoms with E-state index in [4.69, 9.17) is 0 Å². The molecule has 0 bridgehead atoms. The summed E-state index contributed by atoms with van der Waals surface area (Å²) in [6.45, 7) is 2.19. The van der Waals surface area contributed by atoms with Gasteiger partial charge in [-0.3, -0.25) is 0 Å². The summed E-state index contributed by atoms with van der Waals surface area (Å²) in [6, 6.07) is 8.46. The van der Waals surface area contributed by atoms with E-state index in [2.05, 4.69) is 37.3 Å². The fraction of sp³-hybridized carbons (Fsp3) is 0.529. The van der Waals surface area contributed by atoms with Crippen molar-refractivity contribution in [1.82, 2.24) is 0 Å². The summed E-state index contributed by atoms with van der Waals surface area (Å²) in [6.07, 6.45) is 10.1. The second-order valence-electron chi connectivity index (χ2n) is 5.32. The van der Waals surface area contributed by atoms with Crippen LogP contribution in [0.4, 0.5) is 0 Å². The number of benzene rings is 1. The van der Waals surface area contributed by atoms with Crippen LogP contribution in [0.3, 0.4) is 0 Å². The first-order chi connectivity index (χ1) is 8.79. The predicted octanol–water partition coefficient (Wildman–Crippen LogP) is 4.56. The van der Waals surface area contributed by atoms with E-state index < -0.39 is 0 Å². The standard InChI is InChI=1S/C17H24O/c1-2-6-14-9-11-16(12-10-14)17(18)13-15-7-4-3-5-8-15/h7,9-12,17-18H,2-6,8,13H2,1H3. The molecule has 0 heterocycles. The maximum absolute atomic E-state index is 10.3. The average Bonchev–Trinajstić information content (AvgIpc) is 2.41. The maximum atomic E-state index is 10.3. The molecule has 0 fully saturated rings. The zero-order valence-corrected chi connectivity index (χ0v) is 11.4. The van der Waals surface area contributed by atoms with E-state index in [0.29, 0.717) is 0 Å². The zero-order valence-electron chi connectivity index (χ0n) is 11.4. The summed E-state index contributed by atoms with van der Waals surface area (Å²) in [5, 5.41) is 10.3. The Kier molecular flexibility index (Phi) is 5.00. The van der Waals surface area contributed by atoms with Crippen molar-refractivity contribution in [1.29, 1.82) is 0 Å². The van der Waals surface area contributed by atoms with Gasteiger partial charge in [0.2, 0.25) is 0 Å². The Balaban J connectivity index is 1.95. The maximum Gasteiger partial charge on any atom is 0.0827 e. The summed E-state index contributed by atoms with van der Waals surface area (Å²) in [4.78, 5) is 0. The molecule has 1 aliphatic carbocycles. The fourth-order valence-electron chi connectivity index (χ4n) is 2.65. The highest BCUT2D eigenvalue weighted by Gasteiger charge is 2.12. The van der Waals surface area contributed by atoms with Crippen LogP contribution in [0.5, 0.6) is 0 Å². The van der Waals surface area contributed by atoms with Crippen molar-refractivity contribution < 1.29 is 5.11 Å². The fourth-order valence-corrected chi connectivity index (χ4v) is 2.65. The third-order valence-corrected chi connectivity index (χ3v) is 3.74. The van der Waals surface area contributed by atoms with Crippen molar-refractivity contribution in [2.24, 2.45) is 0 Å². The van der Waals surface area contributed by atoms with Crippen LogP contribution in [0.2, 0.25) is 0 Å². The normalized spacial score (nSPS) is 17.3. The molecule has 1 atom stereocenters. The lowest BCUT2D eigenvalue weighted by molar-refractivity contribution is 0.176. The highest BCUT2D eigenvalue weighted by atomic mass is 16.3. The molecule has 2 rings (SSSR count). The van der Waals surface area contributed by atoms with Crippen molar-refractivity contribution in [2.45, 2.75) is 58.0 Å². The third kappa shape index (κ3) is 3.71. The summed E-state index contributed by atoms with van der Waals surface area (Å²) in [7, 11) is 0. The van der Waals surface area contributed by atoms with Crippen LogP contribution >= 0.6 is 0 Å². The smallest absolute Gasteiger partial charge is 0.0827 e. The molecule has 1 heteroatoms. The Morgan fingerprint density at radius 1 is 1.17 bits per heavy atom. The molecule has 0 saturated heterocycles. The van der Waals surface area contributed by atoms with Crippen LogP contribution in [-0.4, -0.2) is 5.11 Å². The van der Waals surface area contributed by atoms with E-state index in [1.807, 2.05) is 0 Å². The molecule has 0 aliphatic heterocycles. The summed E-state index contributed by atoms with van der Waals surface area (Å²) < 4.78 is 0. The lowest BCUT2D eigenvalue weighted by Gasteiger charge is -2.17. The van der Waals surface area contributed by atoms with Crippen LogP contribution in [0.1, 0.15) is 62.7 Å². The topological polar surface area (TPSA) is 20.2 Å². The first-order valence-electron chi connectivity index (χ1n) is 7.24. The van der Waals surface area contributed by atoms with Gasteiger partial charge in [0.1, 0.15) is 0 Å². The first-order valence-corrected chi connectivity index (χ1v) is 7.24. The predicted molar refractivity (Wildman–Crippen MR) is 76.6 cm³/mol. The minimum atomic E-state index is -0.329. The Labute approximate surface area is 111 Å². The van der Waals surface area contributed by atoms with Gasteiger partial charge in [0, 0.05) is 0 Å². The molecule has 0 radical (unpaired) electrons. The first kappa shape index (κ1) is 13.4.